The second kappa shape index (κ2) is 9.37. The molecule has 2 rings (SSSR count). The number of carbonyl (C=O) groups excluding carboxylic acids is 3. The van der Waals surface area contributed by atoms with Gasteiger partial charge in [0.1, 0.15) is 6.29 Å². The van der Waals surface area contributed by atoms with E-state index in [-0.39, 0.29) is 18.6 Å². The van der Waals surface area contributed by atoms with Crippen molar-refractivity contribution in [3.63, 3.8) is 0 Å². The quantitative estimate of drug-likeness (QED) is 0.593. The first-order valence-electron chi connectivity index (χ1n) is 8.14. The summed E-state index contributed by atoms with van der Waals surface area (Å²) < 4.78 is 4.99. The van der Waals surface area contributed by atoms with Crippen LogP contribution in [0.4, 0.5) is 0 Å². The summed E-state index contributed by atoms with van der Waals surface area (Å²) in [5.41, 5.74) is 1.99. The molecule has 0 aliphatic heterocycles. The minimum Gasteiger partial charge on any atom is -0.452 e. The van der Waals surface area contributed by atoms with Gasteiger partial charge in [0, 0.05) is 11.6 Å². The topological polar surface area (TPSA) is 72.5 Å². The van der Waals surface area contributed by atoms with Crippen molar-refractivity contribution < 1.29 is 19.1 Å². The minimum absolute atomic E-state index is 0.0155. The molecule has 0 aromatic heterocycles. The number of rotatable bonds is 8. The summed E-state index contributed by atoms with van der Waals surface area (Å²) in [5.74, 6) is -0.928. The smallest absolute Gasteiger partial charge is 0.338 e. The van der Waals surface area contributed by atoms with Gasteiger partial charge in [-0.15, -0.1) is 0 Å². The summed E-state index contributed by atoms with van der Waals surface area (Å²) in [6.07, 6.45) is 2.36. The summed E-state index contributed by atoms with van der Waals surface area (Å²) in [5, 5.41) is 2.81. The zero-order chi connectivity index (χ0) is 18.1. The van der Waals surface area contributed by atoms with Crippen molar-refractivity contribution >= 4 is 18.2 Å². The molecule has 2 aromatic rings. The van der Waals surface area contributed by atoms with Crippen LogP contribution >= 0.6 is 0 Å². The van der Waals surface area contributed by atoms with Crippen molar-refractivity contribution in [2.24, 2.45) is 0 Å². The van der Waals surface area contributed by atoms with Crippen LogP contribution < -0.4 is 5.32 Å². The summed E-state index contributed by atoms with van der Waals surface area (Å²) in [7, 11) is 0. The van der Waals surface area contributed by atoms with Gasteiger partial charge in [0.25, 0.3) is 5.91 Å². The number of ether oxygens (including phenoxy) is 1. The Balaban J connectivity index is 1.71. The number of hydrogen-bond acceptors (Lipinski definition) is 4. The summed E-state index contributed by atoms with van der Waals surface area (Å²) in [6, 6.07) is 16.1. The molecule has 0 aliphatic carbocycles. The molecular formula is C20H21NO4. The van der Waals surface area contributed by atoms with E-state index in [1.807, 2.05) is 37.3 Å². The fraction of sp³-hybridized carbons (Fsp3) is 0.250. The number of amides is 1. The highest BCUT2D eigenvalue weighted by atomic mass is 16.5. The Morgan fingerprint density at radius 1 is 1.08 bits per heavy atom. The summed E-state index contributed by atoms with van der Waals surface area (Å²) >= 11 is 0. The molecule has 0 heterocycles. The van der Waals surface area contributed by atoms with E-state index >= 15 is 0 Å². The monoisotopic (exact) mass is 339 g/mol. The lowest BCUT2D eigenvalue weighted by Gasteiger charge is -2.14. The Kier molecular flexibility index (Phi) is 6.89. The molecule has 0 bridgehead atoms. The van der Waals surface area contributed by atoms with Crippen LogP contribution in [-0.4, -0.2) is 30.8 Å². The third kappa shape index (κ3) is 6.22. The summed E-state index contributed by atoms with van der Waals surface area (Å²) in [4.78, 5) is 34.3. The Labute approximate surface area is 147 Å². The molecule has 1 N–H and O–H groups in total. The van der Waals surface area contributed by atoms with E-state index in [4.69, 9.17) is 4.74 Å². The SMILES string of the molecule is C[C@@H](CCc1ccccc1)NC(=O)COC(=O)c1ccc(C=O)cc1. The number of aryl methyl sites for hydroxylation is 1. The molecule has 5 nitrogen and oxygen atoms in total. The van der Waals surface area contributed by atoms with Crippen molar-refractivity contribution in [3.05, 3.63) is 71.3 Å². The first-order chi connectivity index (χ1) is 12.1. The van der Waals surface area contributed by atoms with Crippen molar-refractivity contribution in [1.82, 2.24) is 5.32 Å². The van der Waals surface area contributed by atoms with Gasteiger partial charge >= 0.3 is 5.97 Å². The molecule has 1 amide bonds. The zero-order valence-electron chi connectivity index (χ0n) is 14.1. The fourth-order valence-corrected chi connectivity index (χ4v) is 2.33. The number of hydrogen-bond donors (Lipinski definition) is 1. The van der Waals surface area contributed by atoms with Crippen molar-refractivity contribution in [1.29, 1.82) is 0 Å². The maximum Gasteiger partial charge on any atom is 0.338 e. The van der Waals surface area contributed by atoms with E-state index in [9.17, 15) is 14.4 Å². The van der Waals surface area contributed by atoms with Crippen molar-refractivity contribution in [2.45, 2.75) is 25.8 Å². The molecule has 0 spiro atoms. The van der Waals surface area contributed by atoms with E-state index in [0.29, 0.717) is 17.4 Å². The third-order valence-corrected chi connectivity index (χ3v) is 3.73. The van der Waals surface area contributed by atoms with Gasteiger partial charge in [-0.1, -0.05) is 42.5 Å². The average Bonchev–Trinajstić information content (AvgIpc) is 2.65. The fourth-order valence-electron chi connectivity index (χ4n) is 2.33. The number of esters is 1. The Hall–Kier alpha value is -2.95. The molecule has 0 aliphatic rings. The largest absolute Gasteiger partial charge is 0.452 e. The molecule has 5 heteroatoms. The Bertz CT molecular complexity index is 710. The lowest BCUT2D eigenvalue weighted by Crippen LogP contribution is -2.36. The molecule has 2 aromatic carbocycles. The van der Waals surface area contributed by atoms with Crippen molar-refractivity contribution in [2.75, 3.05) is 6.61 Å². The number of nitrogens with one attached hydrogen (secondary N) is 1. The highest BCUT2D eigenvalue weighted by molar-refractivity contribution is 5.92. The molecule has 0 fully saturated rings. The second-order valence-corrected chi connectivity index (χ2v) is 5.81. The van der Waals surface area contributed by atoms with Crippen molar-refractivity contribution in [3.8, 4) is 0 Å². The van der Waals surface area contributed by atoms with Crippen LogP contribution in [0.2, 0.25) is 0 Å². The van der Waals surface area contributed by atoms with E-state index in [2.05, 4.69) is 5.32 Å². The van der Waals surface area contributed by atoms with Gasteiger partial charge < -0.3 is 10.1 Å². The van der Waals surface area contributed by atoms with E-state index in [1.54, 1.807) is 0 Å². The number of aldehydes is 1. The molecule has 0 unspecified atom stereocenters. The maximum absolute atomic E-state index is 11.9. The van der Waals surface area contributed by atoms with Crippen LogP contribution in [0.3, 0.4) is 0 Å². The Morgan fingerprint density at radius 2 is 1.76 bits per heavy atom. The van der Waals surface area contributed by atoms with Crippen LogP contribution in [0.1, 0.15) is 39.6 Å². The highest BCUT2D eigenvalue weighted by Crippen LogP contribution is 2.06. The van der Waals surface area contributed by atoms with Crippen LogP contribution in [0.25, 0.3) is 0 Å². The maximum atomic E-state index is 11.9. The minimum atomic E-state index is -0.593. The zero-order valence-corrected chi connectivity index (χ0v) is 14.1. The summed E-state index contributed by atoms with van der Waals surface area (Å²) in [6.45, 7) is 1.59. The van der Waals surface area contributed by atoms with Gasteiger partial charge in [0.15, 0.2) is 6.61 Å². The molecule has 25 heavy (non-hydrogen) atoms. The van der Waals surface area contributed by atoms with Gasteiger partial charge in [-0.05, 0) is 37.5 Å². The normalized spacial score (nSPS) is 11.4. The molecule has 0 saturated carbocycles. The molecule has 0 saturated heterocycles. The van der Waals surface area contributed by atoms with Gasteiger partial charge in [0.2, 0.25) is 0 Å². The van der Waals surface area contributed by atoms with Crippen LogP contribution in [0.5, 0.6) is 0 Å². The van der Waals surface area contributed by atoms with Crippen LogP contribution in [0, 0.1) is 0 Å². The molecule has 1 atom stereocenters. The molecular weight excluding hydrogens is 318 g/mol. The predicted molar refractivity (Wildman–Crippen MR) is 94.5 cm³/mol. The van der Waals surface area contributed by atoms with Gasteiger partial charge in [-0.3, -0.25) is 9.59 Å². The lowest BCUT2D eigenvalue weighted by atomic mass is 10.1. The first kappa shape index (κ1) is 18.4. The first-order valence-corrected chi connectivity index (χ1v) is 8.14. The van der Waals surface area contributed by atoms with Crippen LogP contribution in [-0.2, 0) is 16.0 Å². The van der Waals surface area contributed by atoms with E-state index in [0.717, 1.165) is 12.8 Å². The number of benzene rings is 2. The Morgan fingerprint density at radius 3 is 2.40 bits per heavy atom. The molecule has 130 valence electrons. The van der Waals surface area contributed by atoms with Gasteiger partial charge in [0.05, 0.1) is 5.56 Å². The van der Waals surface area contributed by atoms with E-state index in [1.165, 1.54) is 29.8 Å². The van der Waals surface area contributed by atoms with Gasteiger partial charge in [-0.2, -0.15) is 0 Å². The van der Waals surface area contributed by atoms with E-state index < -0.39 is 5.97 Å². The predicted octanol–water partition coefficient (Wildman–Crippen LogP) is 2.79. The van der Waals surface area contributed by atoms with Crippen LogP contribution in [0.15, 0.2) is 54.6 Å². The molecule has 0 radical (unpaired) electrons. The number of carbonyl (C=O) groups is 3. The average molecular weight is 339 g/mol. The third-order valence-electron chi connectivity index (χ3n) is 3.73. The second-order valence-electron chi connectivity index (χ2n) is 5.81. The van der Waals surface area contributed by atoms with Gasteiger partial charge in [-0.25, -0.2) is 4.79 Å². The highest BCUT2D eigenvalue weighted by Gasteiger charge is 2.12. The standard InChI is InChI=1S/C20H21NO4/c1-15(7-8-16-5-3-2-4-6-16)21-19(23)14-25-20(24)18-11-9-17(13-22)10-12-18/h2-6,9-13,15H,7-8,14H2,1H3,(H,21,23)/t15-/m0/s1. The lowest BCUT2D eigenvalue weighted by molar-refractivity contribution is -0.124.